The van der Waals surface area contributed by atoms with Crippen molar-refractivity contribution in [3.05, 3.63) is 0 Å². The van der Waals surface area contributed by atoms with E-state index in [0.717, 1.165) is 9.55 Å². The van der Waals surface area contributed by atoms with Gasteiger partial charge in [-0.25, -0.2) is 8.78 Å². The summed E-state index contributed by atoms with van der Waals surface area (Å²) in [5.74, 6) is -53.7. The highest BCUT2D eigenvalue weighted by atomic mass is 35.6. The number of alkyl halides is 23. The Labute approximate surface area is 199 Å². The van der Waals surface area contributed by atoms with Crippen LogP contribution in [-0.2, 0) is 0 Å². The summed E-state index contributed by atoms with van der Waals surface area (Å²) >= 11 is 8.20. The molecule has 0 aromatic rings. The van der Waals surface area contributed by atoms with Crippen LogP contribution in [0.2, 0.25) is 0 Å². The van der Waals surface area contributed by atoms with Gasteiger partial charge in [0.2, 0.25) is 0 Å². The molecule has 0 aliphatic heterocycles. The highest BCUT2D eigenvalue weighted by molar-refractivity contribution is 7.24. The van der Waals surface area contributed by atoms with E-state index in [1.165, 1.54) is 0 Å². The fourth-order valence-electron chi connectivity index (χ4n) is 1.93. The molecular weight excluding hydrogens is 684 g/mol. The predicted octanol–water partition coefficient (Wildman–Crippen LogP) is 7.43. The molecule has 0 saturated carbocycles. The van der Waals surface area contributed by atoms with Crippen molar-refractivity contribution in [2.24, 2.45) is 0 Å². The van der Waals surface area contributed by atoms with E-state index in [4.69, 9.17) is 11.1 Å². The van der Waals surface area contributed by atoms with Crippen molar-refractivity contribution in [1.29, 1.82) is 0 Å². The van der Waals surface area contributed by atoms with Crippen molar-refractivity contribution in [3.8, 4) is 0 Å². The quantitative estimate of drug-likeness (QED) is 0.149. The SMILES string of the molecule is FC(F)(F)C(F)(F)C(F)(F)C(F)(F)C(F)(F)C(F)(F)C(F)(F)[Si](Cl)(C(F)(F)F)C(F)(F)C(F)(F)F.[SiH3]Cl. The van der Waals surface area contributed by atoms with Crippen LogP contribution in [0.1, 0.15) is 0 Å². The van der Waals surface area contributed by atoms with E-state index in [2.05, 4.69) is 11.1 Å². The van der Waals surface area contributed by atoms with Gasteiger partial charge in [-0.05, 0) is 0 Å². The van der Waals surface area contributed by atoms with Gasteiger partial charge in [0.25, 0.3) is 0 Å². The maximum absolute atomic E-state index is 13.7. The standard InChI is InChI=1S/C10ClF23Si.ClH3Si/c11-35(10(32,33)34,9(30,31)7(25,26)27)8(28,29)5(20,21)3(16,17)1(12,13)2(14,15)4(18,19)6(22,23)24;1-2/h;2H3. The van der Waals surface area contributed by atoms with Crippen molar-refractivity contribution < 1.29 is 101 Å². The molecule has 0 rings (SSSR count). The van der Waals surface area contributed by atoms with Crippen LogP contribution in [0.4, 0.5) is 101 Å². The molecule has 226 valence electrons. The first-order chi connectivity index (χ1) is 15.5. The molecule has 1 atom stereocenters. The van der Waals surface area contributed by atoms with Crippen LogP contribution in [0.5, 0.6) is 0 Å². The minimum atomic E-state index is -10.5. The zero-order valence-corrected chi connectivity index (χ0v) is 20.5. The molecule has 0 bridgehead atoms. The topological polar surface area (TPSA) is 0 Å². The van der Waals surface area contributed by atoms with E-state index in [9.17, 15) is 101 Å². The molecule has 0 aromatic carbocycles. The maximum Gasteiger partial charge on any atom is 0.460 e. The minimum absolute atomic E-state index is 0.778. The number of rotatable bonds is 7. The molecule has 0 aromatic heterocycles. The molecule has 0 heterocycles. The number of hydrogen-bond donors (Lipinski definition) is 0. The summed E-state index contributed by atoms with van der Waals surface area (Å²) in [6.07, 6.45) is -16.2. The zero-order chi connectivity index (χ0) is 31.5. The molecule has 0 aliphatic rings. The minimum Gasteiger partial charge on any atom is -0.202 e. The molecule has 37 heavy (non-hydrogen) atoms. The summed E-state index contributed by atoms with van der Waals surface area (Å²) < 4.78 is 296. The fraction of sp³-hybridized carbons (Fsp3) is 1.00. The molecule has 0 N–H and O–H groups in total. The van der Waals surface area contributed by atoms with E-state index >= 15 is 0 Å². The lowest BCUT2D eigenvalue weighted by molar-refractivity contribution is -0.449. The van der Waals surface area contributed by atoms with Crippen LogP contribution in [0.25, 0.3) is 0 Å². The fourth-order valence-corrected chi connectivity index (χ4v) is 4.70. The lowest BCUT2D eigenvalue weighted by Gasteiger charge is -2.46. The van der Waals surface area contributed by atoms with Gasteiger partial charge < -0.3 is 0 Å². The molecule has 0 spiro atoms. The van der Waals surface area contributed by atoms with Crippen molar-refractivity contribution in [2.75, 3.05) is 0 Å². The lowest BCUT2D eigenvalue weighted by Crippen LogP contribution is -2.83. The van der Waals surface area contributed by atoms with E-state index in [-0.39, 0.29) is 0 Å². The Morgan fingerprint density at radius 1 is 0.351 bits per heavy atom. The van der Waals surface area contributed by atoms with Crippen LogP contribution in [0.15, 0.2) is 0 Å². The molecular formula is C10H3Cl2F23Si2. The van der Waals surface area contributed by atoms with Gasteiger partial charge in [0.1, 0.15) is 9.55 Å². The first-order valence-corrected chi connectivity index (χ1v) is 13.4. The molecule has 0 aliphatic carbocycles. The van der Waals surface area contributed by atoms with E-state index < -0.39 is 66.2 Å². The third kappa shape index (κ3) is 4.94. The Morgan fingerprint density at radius 3 is 0.811 bits per heavy atom. The molecule has 1 unspecified atom stereocenters. The Balaban J connectivity index is 0. The summed E-state index contributed by atoms with van der Waals surface area (Å²) in [4.78, 5) is 0. The van der Waals surface area contributed by atoms with Gasteiger partial charge in [-0.3, -0.25) is 0 Å². The monoisotopic (exact) mass is 686 g/mol. The largest absolute Gasteiger partial charge is 0.460 e. The summed E-state index contributed by atoms with van der Waals surface area (Å²) in [5.41, 5.74) is -17.5. The molecule has 27 heteroatoms. The van der Waals surface area contributed by atoms with Crippen molar-refractivity contribution in [2.45, 2.75) is 58.9 Å². The smallest absolute Gasteiger partial charge is 0.202 e. The Kier molecular flexibility index (Phi) is 10.2. The van der Waals surface area contributed by atoms with Crippen molar-refractivity contribution in [1.82, 2.24) is 0 Å². The third-order valence-electron chi connectivity index (χ3n) is 3.94. The first-order valence-electron chi connectivity index (χ1n) is 7.41. The first kappa shape index (κ1) is 38.6. The summed E-state index contributed by atoms with van der Waals surface area (Å²) in [6, 6.07) is 0. The second-order valence-corrected chi connectivity index (χ2v) is 11.0. The Morgan fingerprint density at radius 2 is 0.595 bits per heavy atom. The van der Waals surface area contributed by atoms with Gasteiger partial charge >= 0.3 is 66.2 Å². The molecule has 0 fully saturated rings. The summed E-state index contributed by atoms with van der Waals surface area (Å²) in [5, 5.41) is 0. The van der Waals surface area contributed by atoms with Gasteiger partial charge in [-0.15, -0.1) is 11.1 Å². The van der Waals surface area contributed by atoms with Crippen LogP contribution in [-0.4, -0.2) is 75.8 Å². The van der Waals surface area contributed by atoms with Gasteiger partial charge in [0, 0.05) is 0 Å². The van der Waals surface area contributed by atoms with Crippen molar-refractivity contribution >= 4 is 39.1 Å². The van der Waals surface area contributed by atoms with Gasteiger partial charge in [0.05, 0.1) is 0 Å². The van der Waals surface area contributed by atoms with Gasteiger partial charge in [0.15, 0.2) is 0 Å². The van der Waals surface area contributed by atoms with E-state index in [1.807, 2.05) is 0 Å². The normalized spacial score (nSPS) is 17.8. The summed E-state index contributed by atoms with van der Waals surface area (Å²) in [6.45, 7) is 0. The highest BCUT2D eigenvalue weighted by Crippen LogP contribution is 2.67. The van der Waals surface area contributed by atoms with Crippen LogP contribution in [0.3, 0.4) is 0 Å². The van der Waals surface area contributed by atoms with E-state index in [1.54, 1.807) is 0 Å². The molecule has 0 saturated heterocycles. The number of hydrogen-bond acceptors (Lipinski definition) is 0. The average Bonchev–Trinajstić information content (AvgIpc) is 2.65. The van der Waals surface area contributed by atoms with Gasteiger partial charge in [-0.2, -0.15) is 103 Å². The average molecular weight is 687 g/mol. The highest BCUT2D eigenvalue weighted by Gasteiger charge is 3.01. The second-order valence-electron chi connectivity index (χ2n) is 6.17. The van der Waals surface area contributed by atoms with E-state index in [0.29, 0.717) is 0 Å². The van der Waals surface area contributed by atoms with Crippen molar-refractivity contribution in [3.63, 3.8) is 0 Å². The molecule has 0 amide bonds. The third-order valence-corrected chi connectivity index (χ3v) is 9.12. The van der Waals surface area contributed by atoms with Crippen LogP contribution < -0.4 is 0 Å². The Hall–Kier alpha value is -0.596. The van der Waals surface area contributed by atoms with Crippen LogP contribution >= 0.6 is 22.2 Å². The van der Waals surface area contributed by atoms with Crippen LogP contribution in [0, 0.1) is 0 Å². The Bertz CT molecular complexity index is 793. The predicted molar refractivity (Wildman–Crippen MR) is 80.2 cm³/mol. The second kappa shape index (κ2) is 9.80. The number of halogens is 25. The lowest BCUT2D eigenvalue weighted by atomic mass is 9.94. The molecule has 0 radical (unpaired) electrons. The maximum atomic E-state index is 13.7. The van der Waals surface area contributed by atoms with Gasteiger partial charge in [-0.1, -0.05) is 0 Å². The summed E-state index contributed by atoms with van der Waals surface area (Å²) in [7, 11) is -9.77. The zero-order valence-electron chi connectivity index (χ0n) is 15.9. The molecule has 0 nitrogen and oxygen atoms in total.